The lowest BCUT2D eigenvalue weighted by Gasteiger charge is -2.26. The van der Waals surface area contributed by atoms with E-state index in [1.165, 1.54) is 11.8 Å². The van der Waals surface area contributed by atoms with Gasteiger partial charge in [0.25, 0.3) is 0 Å². The first-order valence-corrected chi connectivity index (χ1v) is 11.7. The van der Waals surface area contributed by atoms with Crippen LogP contribution in [0.5, 0.6) is 5.88 Å². The third-order valence-corrected chi connectivity index (χ3v) is 5.78. The van der Waals surface area contributed by atoms with Gasteiger partial charge in [0.05, 0.1) is 6.54 Å². The molecular formula is C26H27Cl2F3N2O2. The number of halogens is 5. The third-order valence-electron chi connectivity index (χ3n) is 5.30. The Hall–Kier alpha value is -2.64. The van der Waals surface area contributed by atoms with E-state index in [0.717, 1.165) is 4.57 Å². The lowest BCUT2D eigenvalue weighted by atomic mass is 9.96. The van der Waals surface area contributed by atoms with Gasteiger partial charge in [-0.3, -0.25) is 0 Å². The van der Waals surface area contributed by atoms with Crippen molar-refractivity contribution in [3.05, 3.63) is 75.4 Å². The summed E-state index contributed by atoms with van der Waals surface area (Å²) in [5.41, 5.74) is -0.0346. The summed E-state index contributed by atoms with van der Waals surface area (Å²) in [6.45, 7) is 7.37. The van der Waals surface area contributed by atoms with Gasteiger partial charge in [0.1, 0.15) is 5.69 Å². The van der Waals surface area contributed by atoms with Gasteiger partial charge in [-0.1, -0.05) is 68.2 Å². The zero-order valence-electron chi connectivity index (χ0n) is 20.1. The van der Waals surface area contributed by atoms with Gasteiger partial charge in [-0.25, -0.2) is 4.79 Å². The van der Waals surface area contributed by atoms with Gasteiger partial charge in [-0.15, -0.1) is 0 Å². The molecule has 0 aliphatic rings. The molecule has 1 aromatic heterocycles. The molecule has 2 aromatic carbocycles. The molecule has 3 rings (SSSR count). The second kappa shape index (κ2) is 10.2. The Bertz CT molecular complexity index is 1210. The Morgan fingerprint density at radius 1 is 1.03 bits per heavy atom. The number of carbonyl (C=O) groups excluding carboxylic acids is 1. The Kier molecular flexibility index (Phi) is 7.82. The minimum atomic E-state index is -4.70. The van der Waals surface area contributed by atoms with E-state index in [2.05, 4.69) is 0 Å². The molecule has 0 spiro atoms. The van der Waals surface area contributed by atoms with Crippen molar-refractivity contribution in [2.24, 2.45) is 5.41 Å². The van der Waals surface area contributed by atoms with Crippen LogP contribution in [0.15, 0.2) is 48.5 Å². The zero-order valence-corrected chi connectivity index (χ0v) is 21.6. The Labute approximate surface area is 213 Å². The molecule has 0 fully saturated rings. The second-order valence-corrected chi connectivity index (χ2v) is 10.5. The first-order chi connectivity index (χ1) is 16.2. The van der Waals surface area contributed by atoms with Crippen molar-refractivity contribution in [2.45, 2.75) is 40.4 Å². The summed E-state index contributed by atoms with van der Waals surface area (Å²) in [6.07, 6.45) is -5.46. The Morgan fingerprint density at radius 3 is 2.20 bits per heavy atom. The first-order valence-electron chi connectivity index (χ1n) is 10.9. The van der Waals surface area contributed by atoms with Crippen LogP contribution >= 0.6 is 23.2 Å². The van der Waals surface area contributed by atoms with Crippen LogP contribution in [-0.2, 0) is 12.7 Å². The van der Waals surface area contributed by atoms with Crippen LogP contribution < -0.4 is 4.74 Å². The highest BCUT2D eigenvalue weighted by atomic mass is 35.5. The zero-order chi connectivity index (χ0) is 26.1. The number of ether oxygens (including phenoxy) is 1. The van der Waals surface area contributed by atoms with Gasteiger partial charge in [-0.2, -0.15) is 13.2 Å². The van der Waals surface area contributed by atoms with Crippen molar-refractivity contribution in [2.75, 3.05) is 13.6 Å². The molecule has 188 valence electrons. The first kappa shape index (κ1) is 27.0. The second-order valence-electron chi connectivity index (χ2n) is 9.66. The average molecular weight is 527 g/mol. The fourth-order valence-electron chi connectivity index (χ4n) is 4.05. The highest BCUT2D eigenvalue weighted by molar-refractivity contribution is 6.30. The van der Waals surface area contributed by atoms with Crippen LogP contribution in [-0.4, -0.2) is 29.2 Å². The number of hydrogen-bond acceptors (Lipinski definition) is 2. The molecule has 0 aliphatic carbocycles. The maximum absolute atomic E-state index is 14.4. The van der Waals surface area contributed by atoms with Crippen LogP contribution in [0.1, 0.15) is 37.6 Å². The van der Waals surface area contributed by atoms with Crippen LogP contribution in [0.25, 0.3) is 11.1 Å². The molecule has 9 heteroatoms. The predicted octanol–water partition coefficient (Wildman–Crippen LogP) is 8.31. The Balaban J connectivity index is 2.23. The monoisotopic (exact) mass is 526 g/mol. The predicted molar refractivity (Wildman–Crippen MR) is 133 cm³/mol. The molecule has 1 amide bonds. The molecule has 0 saturated carbocycles. The molecule has 0 atom stereocenters. The number of aromatic nitrogens is 1. The molecule has 0 radical (unpaired) electrons. The molecule has 3 aromatic rings. The average Bonchev–Trinajstić information content (AvgIpc) is 2.98. The Morgan fingerprint density at radius 2 is 1.66 bits per heavy atom. The van der Waals surface area contributed by atoms with Crippen LogP contribution in [0.3, 0.4) is 0 Å². The summed E-state index contributed by atoms with van der Waals surface area (Å²) in [5, 5.41) is 0.825. The van der Waals surface area contributed by atoms with Gasteiger partial charge in [-0.05, 0) is 53.3 Å². The number of carbonyl (C=O) groups is 1. The van der Waals surface area contributed by atoms with E-state index in [4.69, 9.17) is 27.9 Å². The van der Waals surface area contributed by atoms with Crippen molar-refractivity contribution in [3.63, 3.8) is 0 Å². The van der Waals surface area contributed by atoms with Crippen LogP contribution in [0.4, 0.5) is 18.0 Å². The van der Waals surface area contributed by atoms with E-state index in [9.17, 15) is 18.0 Å². The van der Waals surface area contributed by atoms with E-state index >= 15 is 0 Å². The minimum Gasteiger partial charge on any atom is -0.392 e. The van der Waals surface area contributed by atoms with Gasteiger partial charge in [0, 0.05) is 29.2 Å². The van der Waals surface area contributed by atoms with Crippen molar-refractivity contribution >= 4 is 29.3 Å². The van der Waals surface area contributed by atoms with E-state index in [0.29, 0.717) is 27.7 Å². The van der Waals surface area contributed by atoms with Crippen LogP contribution in [0, 0.1) is 12.3 Å². The van der Waals surface area contributed by atoms with Gasteiger partial charge < -0.3 is 14.2 Å². The summed E-state index contributed by atoms with van der Waals surface area (Å²) in [7, 11) is 1.55. The summed E-state index contributed by atoms with van der Waals surface area (Å²) in [5.74, 6) is -0.192. The van der Waals surface area contributed by atoms with Gasteiger partial charge in [0.15, 0.2) is 0 Å². The molecule has 0 unspecified atom stereocenters. The van der Waals surface area contributed by atoms with Gasteiger partial charge >= 0.3 is 12.3 Å². The molecular weight excluding hydrogens is 500 g/mol. The quantitative estimate of drug-likeness (QED) is 0.335. The lowest BCUT2D eigenvalue weighted by molar-refractivity contribution is -0.144. The molecule has 0 N–H and O–H groups in total. The van der Waals surface area contributed by atoms with Gasteiger partial charge in [0.2, 0.25) is 5.88 Å². The molecule has 0 aliphatic heterocycles. The van der Waals surface area contributed by atoms with E-state index in [1.54, 1.807) is 55.6 Å². The SMILES string of the molecule is Cc1c(-c2ccc(Cl)cc2)c(OC(=O)N(C)CC(C)(C)C)n(Cc2cccc(Cl)c2)c1C(F)(F)F. The fraction of sp³-hybridized carbons (Fsp3) is 0.346. The van der Waals surface area contributed by atoms with Crippen molar-refractivity contribution in [1.29, 1.82) is 0 Å². The topological polar surface area (TPSA) is 34.5 Å². The molecule has 4 nitrogen and oxygen atoms in total. The third kappa shape index (κ3) is 6.53. The number of rotatable bonds is 5. The number of alkyl halides is 3. The number of benzene rings is 2. The standard InChI is InChI=1S/C26H27Cl2F3N2O2/c1-16-21(18-9-11-19(27)12-10-18)23(35-24(34)32(5)15-25(2,3)4)33(22(16)26(29,30)31)14-17-7-6-8-20(28)13-17/h6-13H,14-15H2,1-5H3. The number of hydrogen-bond donors (Lipinski definition) is 0. The van der Waals surface area contributed by atoms with E-state index < -0.39 is 18.0 Å². The van der Waals surface area contributed by atoms with Crippen molar-refractivity contribution in [3.8, 4) is 17.0 Å². The smallest absolute Gasteiger partial charge is 0.392 e. The maximum atomic E-state index is 14.4. The largest absolute Gasteiger partial charge is 0.431 e. The molecule has 1 heterocycles. The summed E-state index contributed by atoms with van der Waals surface area (Å²) in [6, 6.07) is 12.9. The molecule has 35 heavy (non-hydrogen) atoms. The summed E-state index contributed by atoms with van der Waals surface area (Å²) in [4.78, 5) is 14.4. The fourth-order valence-corrected chi connectivity index (χ4v) is 4.39. The molecule has 0 bridgehead atoms. The maximum Gasteiger partial charge on any atom is 0.431 e. The normalized spacial score (nSPS) is 12.1. The van der Waals surface area contributed by atoms with Crippen molar-refractivity contribution in [1.82, 2.24) is 9.47 Å². The number of nitrogens with zero attached hydrogens (tertiary/aromatic N) is 2. The van der Waals surface area contributed by atoms with Crippen molar-refractivity contribution < 1.29 is 22.7 Å². The summed E-state index contributed by atoms with van der Waals surface area (Å²) >= 11 is 12.1. The summed E-state index contributed by atoms with van der Waals surface area (Å²) < 4.78 is 49.8. The number of amides is 1. The lowest BCUT2D eigenvalue weighted by Crippen LogP contribution is -2.36. The minimum absolute atomic E-state index is 0.0527. The van der Waals surface area contributed by atoms with E-state index in [1.807, 2.05) is 20.8 Å². The van der Waals surface area contributed by atoms with E-state index in [-0.39, 0.29) is 29.0 Å². The van der Waals surface area contributed by atoms with Crippen LogP contribution in [0.2, 0.25) is 10.0 Å². The molecule has 0 saturated heterocycles. The highest BCUT2D eigenvalue weighted by Crippen LogP contribution is 2.45. The highest BCUT2D eigenvalue weighted by Gasteiger charge is 2.41.